The Morgan fingerprint density at radius 2 is 1.72 bits per heavy atom. The number of carbonyl (C=O) groups excluding carboxylic acids is 2. The molecule has 0 N–H and O–H groups in total. The van der Waals surface area contributed by atoms with Gasteiger partial charge in [0.2, 0.25) is 17.7 Å². The highest BCUT2D eigenvalue weighted by Crippen LogP contribution is 2.20. The van der Waals surface area contributed by atoms with Crippen LogP contribution < -0.4 is 0 Å². The largest absolute Gasteiger partial charge is 0.343 e. The number of hydrogen-bond donors (Lipinski definition) is 0. The van der Waals surface area contributed by atoms with Gasteiger partial charge < -0.3 is 14.3 Å². The van der Waals surface area contributed by atoms with Crippen LogP contribution in [0.15, 0.2) is 4.52 Å². The highest BCUT2D eigenvalue weighted by Gasteiger charge is 2.30. The summed E-state index contributed by atoms with van der Waals surface area (Å²) in [6, 6.07) is 0.213. The highest BCUT2D eigenvalue weighted by molar-refractivity contribution is 5.81. The summed E-state index contributed by atoms with van der Waals surface area (Å²) in [4.78, 5) is 37.7. The van der Waals surface area contributed by atoms with Crippen LogP contribution in [-0.4, -0.2) is 100 Å². The number of carbonyl (C=O) groups is 2. The SMILES string of the molecule is Cc1noc(CN2CCN(CC(=O)N3CCC(C(=O)N(C)C(C)C)CC3)CC2)n1. The molecule has 0 aromatic carbocycles. The van der Waals surface area contributed by atoms with E-state index in [9.17, 15) is 9.59 Å². The normalized spacial score (nSPS) is 19.7. The third kappa shape index (κ3) is 5.76. The van der Waals surface area contributed by atoms with E-state index in [-0.39, 0.29) is 23.8 Å². The number of piperidine rings is 1. The lowest BCUT2D eigenvalue weighted by atomic mass is 9.95. The van der Waals surface area contributed by atoms with Gasteiger partial charge in [0.05, 0.1) is 13.1 Å². The van der Waals surface area contributed by atoms with Crippen molar-refractivity contribution in [3.63, 3.8) is 0 Å². The predicted molar refractivity (Wildman–Crippen MR) is 108 cm³/mol. The lowest BCUT2D eigenvalue weighted by Crippen LogP contribution is -2.51. The van der Waals surface area contributed by atoms with Crippen molar-refractivity contribution in [1.29, 1.82) is 0 Å². The van der Waals surface area contributed by atoms with Crippen LogP contribution >= 0.6 is 0 Å². The van der Waals surface area contributed by atoms with Crippen LogP contribution in [0.5, 0.6) is 0 Å². The second kappa shape index (κ2) is 9.67. The molecule has 0 aliphatic carbocycles. The van der Waals surface area contributed by atoms with Crippen molar-refractivity contribution in [3.8, 4) is 0 Å². The van der Waals surface area contributed by atoms with E-state index in [1.807, 2.05) is 37.6 Å². The van der Waals surface area contributed by atoms with Gasteiger partial charge in [-0.2, -0.15) is 4.98 Å². The molecular formula is C20H34N6O3. The molecule has 0 atom stereocenters. The molecule has 0 spiro atoms. The van der Waals surface area contributed by atoms with E-state index in [1.54, 1.807) is 0 Å². The molecule has 2 amide bonds. The lowest BCUT2D eigenvalue weighted by molar-refractivity contribution is -0.141. The van der Waals surface area contributed by atoms with Crippen LogP contribution in [0.3, 0.4) is 0 Å². The summed E-state index contributed by atoms with van der Waals surface area (Å²) in [6.45, 7) is 11.8. The van der Waals surface area contributed by atoms with Crippen molar-refractivity contribution in [1.82, 2.24) is 29.7 Å². The molecule has 29 heavy (non-hydrogen) atoms. The summed E-state index contributed by atoms with van der Waals surface area (Å²) < 4.78 is 5.19. The number of rotatable bonds is 6. The number of hydrogen-bond acceptors (Lipinski definition) is 7. The number of nitrogens with zero attached hydrogens (tertiary/aromatic N) is 6. The molecule has 162 valence electrons. The second-order valence-electron chi connectivity index (χ2n) is 8.49. The van der Waals surface area contributed by atoms with Crippen molar-refractivity contribution in [2.24, 2.45) is 5.92 Å². The standard InChI is InChI=1S/C20H34N6O3/c1-15(2)23(4)20(28)17-5-7-26(8-6-17)19(27)14-25-11-9-24(10-12-25)13-18-21-16(3)22-29-18/h15,17H,5-14H2,1-4H3. The molecule has 9 nitrogen and oxygen atoms in total. The minimum Gasteiger partial charge on any atom is -0.343 e. The molecule has 1 aromatic heterocycles. The zero-order chi connectivity index (χ0) is 21.0. The van der Waals surface area contributed by atoms with Gasteiger partial charge in [-0.25, -0.2) is 0 Å². The Morgan fingerprint density at radius 3 is 2.28 bits per heavy atom. The van der Waals surface area contributed by atoms with Gasteiger partial charge in [0.1, 0.15) is 0 Å². The Balaban J connectivity index is 1.38. The quantitative estimate of drug-likeness (QED) is 0.684. The molecule has 3 heterocycles. The first-order chi connectivity index (χ1) is 13.8. The molecule has 0 bridgehead atoms. The average molecular weight is 407 g/mol. The molecule has 0 unspecified atom stereocenters. The van der Waals surface area contributed by atoms with E-state index < -0.39 is 0 Å². The summed E-state index contributed by atoms with van der Waals surface area (Å²) in [5, 5.41) is 3.83. The van der Waals surface area contributed by atoms with E-state index in [0.29, 0.717) is 37.9 Å². The molecule has 2 fully saturated rings. The summed E-state index contributed by atoms with van der Waals surface area (Å²) in [6.07, 6.45) is 1.53. The Kier molecular flexibility index (Phi) is 7.23. The first-order valence-corrected chi connectivity index (χ1v) is 10.6. The third-order valence-corrected chi connectivity index (χ3v) is 6.07. The molecular weight excluding hydrogens is 372 g/mol. The maximum absolute atomic E-state index is 12.7. The van der Waals surface area contributed by atoms with Crippen molar-refractivity contribution in [2.75, 3.05) is 52.9 Å². The minimum absolute atomic E-state index is 0.0448. The zero-order valence-electron chi connectivity index (χ0n) is 18.1. The molecule has 3 rings (SSSR count). The second-order valence-corrected chi connectivity index (χ2v) is 8.49. The fourth-order valence-corrected chi connectivity index (χ4v) is 3.91. The van der Waals surface area contributed by atoms with Crippen LogP contribution in [0.25, 0.3) is 0 Å². The molecule has 0 radical (unpaired) electrons. The number of likely N-dealkylation sites (tertiary alicyclic amines) is 1. The highest BCUT2D eigenvalue weighted by atomic mass is 16.5. The van der Waals surface area contributed by atoms with Crippen molar-refractivity contribution < 1.29 is 14.1 Å². The van der Waals surface area contributed by atoms with Gasteiger partial charge >= 0.3 is 0 Å². The van der Waals surface area contributed by atoms with Gasteiger partial charge in [-0.15, -0.1) is 0 Å². The monoisotopic (exact) mass is 406 g/mol. The third-order valence-electron chi connectivity index (χ3n) is 6.07. The predicted octanol–water partition coefficient (Wildman–Crippen LogP) is 0.601. The Morgan fingerprint density at radius 1 is 1.10 bits per heavy atom. The van der Waals surface area contributed by atoms with Crippen LogP contribution in [0, 0.1) is 12.8 Å². The maximum Gasteiger partial charge on any atom is 0.240 e. The van der Waals surface area contributed by atoms with Gasteiger partial charge in [0, 0.05) is 58.3 Å². The first-order valence-electron chi connectivity index (χ1n) is 10.6. The molecule has 2 saturated heterocycles. The summed E-state index contributed by atoms with van der Waals surface area (Å²) in [5.41, 5.74) is 0. The maximum atomic E-state index is 12.7. The van der Waals surface area contributed by atoms with E-state index in [0.717, 1.165) is 39.0 Å². The Bertz CT molecular complexity index is 690. The Hall–Kier alpha value is -2.00. The molecule has 1 aromatic rings. The number of piperazine rings is 1. The number of amides is 2. The van der Waals surface area contributed by atoms with Crippen LogP contribution in [-0.2, 0) is 16.1 Å². The Labute approximate surface area is 173 Å². The van der Waals surface area contributed by atoms with Crippen LogP contribution in [0.4, 0.5) is 0 Å². The van der Waals surface area contributed by atoms with Crippen molar-refractivity contribution in [3.05, 3.63) is 11.7 Å². The van der Waals surface area contributed by atoms with Crippen molar-refractivity contribution in [2.45, 2.75) is 46.2 Å². The fourth-order valence-electron chi connectivity index (χ4n) is 3.91. The van der Waals surface area contributed by atoms with E-state index in [1.165, 1.54) is 0 Å². The smallest absolute Gasteiger partial charge is 0.240 e. The minimum atomic E-state index is 0.0448. The fraction of sp³-hybridized carbons (Fsp3) is 0.800. The van der Waals surface area contributed by atoms with E-state index >= 15 is 0 Å². The van der Waals surface area contributed by atoms with Gasteiger partial charge in [-0.1, -0.05) is 5.16 Å². The zero-order valence-corrected chi connectivity index (χ0v) is 18.1. The van der Waals surface area contributed by atoms with Crippen LogP contribution in [0.2, 0.25) is 0 Å². The van der Waals surface area contributed by atoms with E-state index in [2.05, 4.69) is 19.9 Å². The lowest BCUT2D eigenvalue weighted by Gasteiger charge is -2.37. The van der Waals surface area contributed by atoms with Crippen LogP contribution in [0.1, 0.15) is 38.4 Å². The van der Waals surface area contributed by atoms with Gasteiger partial charge in [-0.05, 0) is 33.6 Å². The topological polar surface area (TPSA) is 86.0 Å². The molecule has 9 heteroatoms. The molecule has 0 saturated carbocycles. The molecule has 2 aliphatic heterocycles. The van der Waals surface area contributed by atoms with Crippen molar-refractivity contribution >= 4 is 11.8 Å². The number of aromatic nitrogens is 2. The van der Waals surface area contributed by atoms with E-state index in [4.69, 9.17) is 4.52 Å². The summed E-state index contributed by atoms with van der Waals surface area (Å²) in [5.74, 6) is 1.73. The van der Waals surface area contributed by atoms with Gasteiger partial charge in [0.25, 0.3) is 0 Å². The van der Waals surface area contributed by atoms with Gasteiger partial charge in [0.15, 0.2) is 5.82 Å². The van der Waals surface area contributed by atoms with Gasteiger partial charge in [-0.3, -0.25) is 19.4 Å². The number of aryl methyl sites for hydroxylation is 1. The summed E-state index contributed by atoms with van der Waals surface area (Å²) >= 11 is 0. The first kappa shape index (κ1) is 21.7. The molecule has 2 aliphatic rings. The average Bonchev–Trinajstić information content (AvgIpc) is 3.13. The summed E-state index contributed by atoms with van der Waals surface area (Å²) in [7, 11) is 1.86.